The van der Waals surface area contributed by atoms with Gasteiger partial charge in [0.05, 0.1) is 10.2 Å². The summed E-state index contributed by atoms with van der Waals surface area (Å²) in [4.78, 5) is 27.0. The second-order valence-corrected chi connectivity index (χ2v) is 8.25. The average Bonchev–Trinajstić information content (AvgIpc) is 3.17. The highest BCUT2D eigenvalue weighted by Gasteiger charge is 2.29. The predicted octanol–water partition coefficient (Wildman–Crippen LogP) is 3.25. The Balaban J connectivity index is 1.55. The van der Waals surface area contributed by atoms with Gasteiger partial charge in [-0.2, -0.15) is 0 Å². The molecule has 2 amide bonds. The number of fused-ring (bicyclic) bond motifs is 1. The van der Waals surface area contributed by atoms with E-state index < -0.39 is 0 Å². The Labute approximate surface area is 153 Å². The number of piperidine rings is 1. The van der Waals surface area contributed by atoms with Crippen molar-refractivity contribution in [1.82, 2.24) is 14.8 Å². The van der Waals surface area contributed by atoms with Gasteiger partial charge in [-0.25, -0.2) is 0 Å². The fourth-order valence-electron chi connectivity index (χ4n) is 3.39. The largest absolute Gasteiger partial charge is 0.356 e. The van der Waals surface area contributed by atoms with Crippen molar-refractivity contribution in [2.75, 3.05) is 19.6 Å². The highest BCUT2D eigenvalue weighted by atomic mass is 32.1. The van der Waals surface area contributed by atoms with Crippen molar-refractivity contribution in [2.24, 2.45) is 18.9 Å². The van der Waals surface area contributed by atoms with Crippen LogP contribution in [-0.4, -0.2) is 40.9 Å². The summed E-state index contributed by atoms with van der Waals surface area (Å²) in [5, 5.41) is 5.08. The summed E-state index contributed by atoms with van der Waals surface area (Å²) in [7, 11) is 1.94. The zero-order chi connectivity index (χ0) is 18.0. The number of likely N-dealkylation sites (tertiary alicyclic amines) is 1. The van der Waals surface area contributed by atoms with Gasteiger partial charge in [0.15, 0.2) is 0 Å². The first-order chi connectivity index (χ1) is 12.0. The molecule has 1 N–H and O–H groups in total. The molecule has 0 saturated carbocycles. The third-order valence-electron chi connectivity index (χ3n) is 5.06. The standard InChI is InChI=1S/C19H27N3O2S/c1-13(2)4-8-20-18(23)14-5-9-22(10-6-14)19(24)16-12-17-15(21(16)3)7-11-25-17/h7,11-14H,4-6,8-10H2,1-3H3,(H,20,23). The molecule has 0 unspecified atom stereocenters. The van der Waals surface area contributed by atoms with E-state index in [-0.39, 0.29) is 17.7 Å². The Morgan fingerprint density at radius 2 is 2.04 bits per heavy atom. The molecule has 1 aliphatic heterocycles. The highest BCUT2D eigenvalue weighted by molar-refractivity contribution is 7.17. The lowest BCUT2D eigenvalue weighted by molar-refractivity contribution is -0.126. The lowest BCUT2D eigenvalue weighted by Gasteiger charge is -2.31. The quantitative estimate of drug-likeness (QED) is 0.889. The van der Waals surface area contributed by atoms with E-state index in [0.717, 1.165) is 41.7 Å². The molecule has 1 fully saturated rings. The molecule has 0 radical (unpaired) electrons. The third kappa shape index (κ3) is 3.89. The molecule has 5 nitrogen and oxygen atoms in total. The average molecular weight is 362 g/mol. The van der Waals surface area contributed by atoms with Crippen molar-refractivity contribution in [3.05, 3.63) is 23.2 Å². The van der Waals surface area contributed by atoms with E-state index in [1.54, 1.807) is 11.3 Å². The number of aryl methyl sites for hydroxylation is 1. The summed E-state index contributed by atoms with van der Waals surface area (Å²) in [6, 6.07) is 4.03. The summed E-state index contributed by atoms with van der Waals surface area (Å²) >= 11 is 1.66. The van der Waals surface area contributed by atoms with Gasteiger partial charge in [0.2, 0.25) is 5.91 Å². The molecular formula is C19H27N3O2S. The van der Waals surface area contributed by atoms with Crippen LogP contribution >= 0.6 is 11.3 Å². The summed E-state index contributed by atoms with van der Waals surface area (Å²) in [6.45, 7) is 6.36. The van der Waals surface area contributed by atoms with Crippen LogP contribution in [0.2, 0.25) is 0 Å². The highest BCUT2D eigenvalue weighted by Crippen LogP contribution is 2.26. The second kappa shape index (κ2) is 7.60. The molecule has 1 saturated heterocycles. The van der Waals surface area contributed by atoms with Gasteiger partial charge in [-0.05, 0) is 42.7 Å². The second-order valence-electron chi connectivity index (χ2n) is 7.30. The molecular weight excluding hydrogens is 334 g/mol. The first-order valence-corrected chi connectivity index (χ1v) is 9.95. The van der Waals surface area contributed by atoms with Crippen molar-refractivity contribution in [2.45, 2.75) is 33.1 Å². The number of aromatic nitrogens is 1. The van der Waals surface area contributed by atoms with Crippen molar-refractivity contribution in [3.63, 3.8) is 0 Å². The van der Waals surface area contributed by atoms with E-state index in [0.29, 0.717) is 19.0 Å². The summed E-state index contributed by atoms with van der Waals surface area (Å²) in [5.74, 6) is 0.851. The number of hydrogen-bond donors (Lipinski definition) is 1. The normalized spacial score (nSPS) is 15.9. The fraction of sp³-hybridized carbons (Fsp3) is 0.579. The number of hydrogen-bond acceptors (Lipinski definition) is 3. The topological polar surface area (TPSA) is 54.3 Å². The van der Waals surface area contributed by atoms with Crippen LogP contribution in [0.25, 0.3) is 10.2 Å². The van der Waals surface area contributed by atoms with Crippen LogP contribution < -0.4 is 5.32 Å². The van der Waals surface area contributed by atoms with Crippen molar-refractivity contribution < 1.29 is 9.59 Å². The van der Waals surface area contributed by atoms with Gasteiger partial charge >= 0.3 is 0 Å². The van der Waals surface area contributed by atoms with E-state index in [9.17, 15) is 9.59 Å². The fourth-order valence-corrected chi connectivity index (χ4v) is 4.24. The molecule has 0 spiro atoms. The van der Waals surface area contributed by atoms with E-state index in [2.05, 4.69) is 19.2 Å². The van der Waals surface area contributed by atoms with Crippen LogP contribution in [0.5, 0.6) is 0 Å². The minimum Gasteiger partial charge on any atom is -0.356 e. The molecule has 3 rings (SSSR count). The molecule has 0 atom stereocenters. The summed E-state index contributed by atoms with van der Waals surface area (Å²) in [6.07, 6.45) is 2.50. The van der Waals surface area contributed by atoms with Gasteiger partial charge in [0, 0.05) is 32.6 Å². The number of carbonyl (C=O) groups excluding carboxylic acids is 2. The molecule has 0 aliphatic carbocycles. The Morgan fingerprint density at radius 1 is 1.32 bits per heavy atom. The number of nitrogens with one attached hydrogen (secondary N) is 1. The SMILES string of the molecule is CC(C)CCNC(=O)C1CCN(C(=O)c2cc3sccc3n2C)CC1. The van der Waals surface area contributed by atoms with E-state index >= 15 is 0 Å². The lowest BCUT2D eigenvalue weighted by atomic mass is 9.95. The van der Waals surface area contributed by atoms with E-state index in [4.69, 9.17) is 0 Å². The Kier molecular flexibility index (Phi) is 5.47. The van der Waals surface area contributed by atoms with Gasteiger partial charge in [-0.1, -0.05) is 13.8 Å². The zero-order valence-electron chi connectivity index (χ0n) is 15.2. The molecule has 0 bridgehead atoms. The minimum atomic E-state index is 0.0353. The molecule has 3 heterocycles. The predicted molar refractivity (Wildman–Crippen MR) is 102 cm³/mol. The first kappa shape index (κ1) is 18.0. The molecule has 0 aromatic carbocycles. The van der Waals surface area contributed by atoms with E-state index in [1.165, 1.54) is 0 Å². The third-order valence-corrected chi connectivity index (χ3v) is 5.91. The monoisotopic (exact) mass is 361 g/mol. The Morgan fingerprint density at radius 3 is 2.68 bits per heavy atom. The molecule has 6 heteroatoms. The van der Waals surface area contributed by atoms with Gasteiger partial charge in [-0.3, -0.25) is 9.59 Å². The maximum absolute atomic E-state index is 12.8. The molecule has 2 aromatic heterocycles. The van der Waals surface area contributed by atoms with Crippen LogP contribution in [0.1, 0.15) is 43.6 Å². The van der Waals surface area contributed by atoms with Crippen LogP contribution in [-0.2, 0) is 11.8 Å². The van der Waals surface area contributed by atoms with Crippen molar-refractivity contribution in [1.29, 1.82) is 0 Å². The number of thiophene rings is 1. The first-order valence-electron chi connectivity index (χ1n) is 9.07. The molecule has 136 valence electrons. The number of rotatable bonds is 5. The molecule has 25 heavy (non-hydrogen) atoms. The van der Waals surface area contributed by atoms with Crippen LogP contribution in [0.3, 0.4) is 0 Å². The summed E-state index contributed by atoms with van der Waals surface area (Å²) < 4.78 is 3.11. The van der Waals surface area contributed by atoms with Crippen LogP contribution in [0.4, 0.5) is 0 Å². The molecule has 2 aromatic rings. The Bertz CT molecular complexity index is 754. The maximum atomic E-state index is 12.8. The Hall–Kier alpha value is -1.82. The van der Waals surface area contributed by atoms with Crippen LogP contribution in [0, 0.1) is 11.8 Å². The zero-order valence-corrected chi connectivity index (χ0v) is 16.1. The van der Waals surface area contributed by atoms with Gasteiger partial charge < -0.3 is 14.8 Å². The van der Waals surface area contributed by atoms with Crippen molar-refractivity contribution in [3.8, 4) is 0 Å². The number of carbonyl (C=O) groups is 2. The lowest BCUT2D eigenvalue weighted by Crippen LogP contribution is -2.43. The van der Waals surface area contributed by atoms with Gasteiger partial charge in [0.25, 0.3) is 5.91 Å². The maximum Gasteiger partial charge on any atom is 0.270 e. The minimum absolute atomic E-state index is 0.0353. The smallest absolute Gasteiger partial charge is 0.270 e. The van der Waals surface area contributed by atoms with Crippen molar-refractivity contribution >= 4 is 33.4 Å². The molecule has 1 aliphatic rings. The van der Waals surface area contributed by atoms with Crippen LogP contribution in [0.15, 0.2) is 17.5 Å². The van der Waals surface area contributed by atoms with E-state index in [1.807, 2.05) is 34.0 Å². The van der Waals surface area contributed by atoms with Gasteiger partial charge in [0.1, 0.15) is 5.69 Å². The number of amides is 2. The summed E-state index contributed by atoms with van der Waals surface area (Å²) in [5.41, 5.74) is 1.84. The van der Waals surface area contributed by atoms with Gasteiger partial charge in [-0.15, -0.1) is 11.3 Å². The number of nitrogens with zero attached hydrogens (tertiary/aromatic N) is 2.